The molecule has 1 aliphatic carbocycles. The second kappa shape index (κ2) is 9.37. The Balaban J connectivity index is 1.30. The molecule has 5 rings (SSSR count). The topological polar surface area (TPSA) is 89.7 Å². The lowest BCUT2D eigenvalue weighted by Crippen LogP contribution is -2.43. The second-order valence-electron chi connectivity index (χ2n) is 9.82. The number of carbonyl (C=O) groups is 2. The van der Waals surface area contributed by atoms with E-state index in [1.165, 1.54) is 4.68 Å². The maximum absolute atomic E-state index is 13.4. The van der Waals surface area contributed by atoms with E-state index in [0.717, 1.165) is 42.8 Å². The Morgan fingerprint density at radius 2 is 1.88 bits per heavy atom. The summed E-state index contributed by atoms with van der Waals surface area (Å²) in [6.07, 6.45) is 4.00. The van der Waals surface area contributed by atoms with Gasteiger partial charge in [0.05, 0.1) is 19.1 Å². The molecule has 1 saturated carbocycles. The van der Waals surface area contributed by atoms with Crippen molar-refractivity contribution in [2.75, 3.05) is 38.3 Å². The fourth-order valence-corrected chi connectivity index (χ4v) is 5.21. The summed E-state index contributed by atoms with van der Waals surface area (Å²) < 4.78 is 8.50. The van der Waals surface area contributed by atoms with Crippen LogP contribution >= 0.6 is 0 Å². The summed E-state index contributed by atoms with van der Waals surface area (Å²) in [6, 6.07) is 8.07. The summed E-state index contributed by atoms with van der Waals surface area (Å²) >= 11 is 0. The largest absolute Gasteiger partial charge is 0.383 e. The first-order valence-electron chi connectivity index (χ1n) is 12.3. The normalized spacial score (nSPS) is 23.1. The van der Waals surface area contributed by atoms with E-state index in [9.17, 15) is 14.4 Å². The van der Waals surface area contributed by atoms with Gasteiger partial charge in [-0.15, -0.1) is 0 Å². The molecule has 1 aromatic heterocycles. The van der Waals surface area contributed by atoms with Crippen LogP contribution in [0.4, 0.5) is 5.69 Å². The molecule has 2 aromatic rings. The molecular weight excluding hydrogens is 434 g/mol. The zero-order chi connectivity index (χ0) is 23.8. The molecule has 1 aromatic carbocycles. The SMILES string of the molecule is COCCn1nc(C2CCCN(C(=O)C3CC(=O)N(c4ccc(C)cc4)C3)C2)n(C2CC2)c1=O. The molecule has 0 spiro atoms. The highest BCUT2D eigenvalue weighted by Gasteiger charge is 2.40. The van der Waals surface area contributed by atoms with Crippen molar-refractivity contribution >= 4 is 17.5 Å². The van der Waals surface area contributed by atoms with Gasteiger partial charge >= 0.3 is 5.69 Å². The third-order valence-corrected chi connectivity index (χ3v) is 7.23. The van der Waals surface area contributed by atoms with Crippen LogP contribution in [0.25, 0.3) is 0 Å². The summed E-state index contributed by atoms with van der Waals surface area (Å²) in [5.41, 5.74) is 1.90. The van der Waals surface area contributed by atoms with E-state index in [0.29, 0.717) is 32.8 Å². The van der Waals surface area contributed by atoms with Crippen LogP contribution in [0.3, 0.4) is 0 Å². The molecule has 182 valence electrons. The van der Waals surface area contributed by atoms with Crippen molar-refractivity contribution in [3.63, 3.8) is 0 Å². The van der Waals surface area contributed by atoms with Gasteiger partial charge in [0.15, 0.2) is 0 Å². The number of hydrogen-bond acceptors (Lipinski definition) is 5. The number of aryl methyl sites for hydroxylation is 1. The van der Waals surface area contributed by atoms with Crippen LogP contribution in [0, 0.1) is 12.8 Å². The van der Waals surface area contributed by atoms with Crippen molar-refractivity contribution < 1.29 is 14.3 Å². The van der Waals surface area contributed by atoms with Gasteiger partial charge in [0.2, 0.25) is 11.8 Å². The van der Waals surface area contributed by atoms with Crippen molar-refractivity contribution in [3.8, 4) is 0 Å². The van der Waals surface area contributed by atoms with Gasteiger partial charge in [0.1, 0.15) is 5.82 Å². The summed E-state index contributed by atoms with van der Waals surface area (Å²) in [7, 11) is 1.61. The molecule has 34 heavy (non-hydrogen) atoms. The fraction of sp³-hybridized carbons (Fsp3) is 0.600. The van der Waals surface area contributed by atoms with E-state index in [2.05, 4.69) is 5.10 Å². The average molecular weight is 468 g/mol. The molecule has 3 heterocycles. The smallest absolute Gasteiger partial charge is 0.346 e. The summed E-state index contributed by atoms with van der Waals surface area (Å²) in [5.74, 6) is 0.518. The Hall–Kier alpha value is -2.94. The number of rotatable bonds is 7. The van der Waals surface area contributed by atoms with E-state index in [1.54, 1.807) is 12.0 Å². The quantitative estimate of drug-likeness (QED) is 0.622. The van der Waals surface area contributed by atoms with Gasteiger partial charge < -0.3 is 14.5 Å². The zero-order valence-electron chi connectivity index (χ0n) is 20.0. The Morgan fingerprint density at radius 1 is 1.12 bits per heavy atom. The standard InChI is InChI=1S/C25H33N5O4/c1-17-5-7-20(8-6-17)28-16-19(14-22(28)31)24(32)27-11-3-4-18(15-27)23-26-29(12-13-34-2)25(33)30(23)21-9-10-21/h5-8,18-19,21H,3-4,9-16H2,1-2H3. The lowest BCUT2D eigenvalue weighted by Gasteiger charge is -2.34. The number of benzene rings is 1. The summed E-state index contributed by atoms with van der Waals surface area (Å²) in [4.78, 5) is 42.7. The van der Waals surface area contributed by atoms with Gasteiger partial charge in [0.25, 0.3) is 0 Å². The molecule has 3 fully saturated rings. The first-order valence-corrected chi connectivity index (χ1v) is 12.3. The fourth-order valence-electron chi connectivity index (χ4n) is 5.21. The van der Waals surface area contributed by atoms with Gasteiger partial charge in [-0.1, -0.05) is 17.7 Å². The monoisotopic (exact) mass is 467 g/mol. The van der Waals surface area contributed by atoms with Crippen LogP contribution in [0.1, 0.15) is 55.5 Å². The molecular formula is C25H33N5O4. The first kappa shape index (κ1) is 22.8. The van der Waals surface area contributed by atoms with Gasteiger partial charge in [-0.2, -0.15) is 5.10 Å². The Bertz CT molecular complexity index is 1120. The van der Waals surface area contributed by atoms with Crippen molar-refractivity contribution in [1.82, 2.24) is 19.2 Å². The minimum absolute atomic E-state index is 0.00443. The number of nitrogens with zero attached hydrogens (tertiary/aromatic N) is 5. The minimum atomic E-state index is -0.336. The van der Waals surface area contributed by atoms with Crippen molar-refractivity contribution in [3.05, 3.63) is 46.1 Å². The van der Waals surface area contributed by atoms with E-state index in [1.807, 2.05) is 40.7 Å². The number of carbonyl (C=O) groups excluding carboxylic acids is 2. The lowest BCUT2D eigenvalue weighted by molar-refractivity contribution is -0.137. The van der Waals surface area contributed by atoms with Crippen LogP contribution in [0.5, 0.6) is 0 Å². The summed E-state index contributed by atoms with van der Waals surface area (Å²) in [6.45, 7) is 4.52. The minimum Gasteiger partial charge on any atom is -0.383 e. The van der Waals surface area contributed by atoms with Crippen molar-refractivity contribution in [2.45, 2.75) is 57.5 Å². The first-order chi connectivity index (χ1) is 16.5. The highest BCUT2D eigenvalue weighted by atomic mass is 16.5. The number of aromatic nitrogens is 3. The Kier molecular flexibility index (Phi) is 6.29. The number of hydrogen-bond donors (Lipinski definition) is 0. The number of anilines is 1. The lowest BCUT2D eigenvalue weighted by atomic mass is 9.95. The zero-order valence-corrected chi connectivity index (χ0v) is 20.0. The van der Waals surface area contributed by atoms with Crippen LogP contribution in [0.2, 0.25) is 0 Å². The van der Waals surface area contributed by atoms with E-state index in [-0.39, 0.29) is 41.8 Å². The summed E-state index contributed by atoms with van der Waals surface area (Å²) in [5, 5.41) is 4.68. The molecule has 0 N–H and O–H groups in total. The molecule has 2 atom stereocenters. The number of ether oxygens (including phenoxy) is 1. The number of amides is 2. The van der Waals surface area contributed by atoms with Gasteiger partial charge in [-0.05, 0) is 44.7 Å². The molecule has 3 aliphatic rings. The third kappa shape index (κ3) is 4.41. The van der Waals surface area contributed by atoms with Crippen LogP contribution < -0.4 is 10.6 Å². The van der Waals surface area contributed by atoms with E-state index < -0.39 is 0 Å². The van der Waals surface area contributed by atoms with Crippen LogP contribution in [0.15, 0.2) is 29.1 Å². The van der Waals surface area contributed by atoms with Crippen molar-refractivity contribution in [1.29, 1.82) is 0 Å². The molecule has 2 saturated heterocycles. The van der Waals surface area contributed by atoms with E-state index >= 15 is 0 Å². The van der Waals surface area contributed by atoms with Gasteiger partial charge in [-0.3, -0.25) is 14.2 Å². The van der Waals surface area contributed by atoms with Crippen LogP contribution in [-0.2, 0) is 20.9 Å². The Morgan fingerprint density at radius 3 is 2.59 bits per heavy atom. The highest BCUT2D eigenvalue weighted by Crippen LogP contribution is 2.37. The second-order valence-corrected chi connectivity index (χ2v) is 9.82. The Labute approximate surface area is 199 Å². The average Bonchev–Trinajstić information content (AvgIpc) is 3.53. The maximum atomic E-state index is 13.4. The molecule has 2 unspecified atom stereocenters. The molecule has 0 radical (unpaired) electrons. The predicted molar refractivity (Wildman–Crippen MR) is 127 cm³/mol. The van der Waals surface area contributed by atoms with E-state index in [4.69, 9.17) is 4.74 Å². The number of likely N-dealkylation sites (tertiary alicyclic amines) is 1. The molecule has 2 aliphatic heterocycles. The highest BCUT2D eigenvalue weighted by molar-refractivity contribution is 6.00. The molecule has 9 nitrogen and oxygen atoms in total. The maximum Gasteiger partial charge on any atom is 0.346 e. The number of methoxy groups -OCH3 is 1. The molecule has 9 heteroatoms. The molecule has 0 bridgehead atoms. The van der Waals surface area contributed by atoms with Crippen LogP contribution in [-0.4, -0.2) is 64.4 Å². The third-order valence-electron chi connectivity index (χ3n) is 7.23. The van der Waals surface area contributed by atoms with Gasteiger partial charge in [-0.25, -0.2) is 9.48 Å². The molecule has 2 amide bonds. The van der Waals surface area contributed by atoms with Gasteiger partial charge in [0, 0.05) is 50.8 Å². The van der Waals surface area contributed by atoms with Crippen molar-refractivity contribution in [2.24, 2.45) is 5.92 Å². The predicted octanol–water partition coefficient (Wildman–Crippen LogP) is 2.09. The number of piperidine rings is 1.